The van der Waals surface area contributed by atoms with Gasteiger partial charge in [0.15, 0.2) is 0 Å². The standard InChI is InChI=1S/C12H12ClN3O2/c1-16-5-4-15-11(12(16)17)18-10-6-9(13)3-2-8(10)7-14/h2-6H,7,14H2,1H3. The molecule has 0 unspecified atom stereocenters. The molecule has 0 atom stereocenters. The van der Waals surface area contributed by atoms with Gasteiger partial charge in [0.1, 0.15) is 5.75 Å². The molecular formula is C12H12ClN3O2. The predicted octanol–water partition coefficient (Wildman–Crippen LogP) is 1.68. The number of rotatable bonds is 3. The molecule has 1 aromatic carbocycles. The van der Waals surface area contributed by atoms with Gasteiger partial charge in [0, 0.05) is 36.6 Å². The van der Waals surface area contributed by atoms with Crippen LogP contribution < -0.4 is 16.0 Å². The number of aromatic nitrogens is 2. The summed E-state index contributed by atoms with van der Waals surface area (Å²) in [6.07, 6.45) is 3.04. The summed E-state index contributed by atoms with van der Waals surface area (Å²) >= 11 is 5.89. The summed E-state index contributed by atoms with van der Waals surface area (Å²) in [6, 6.07) is 5.08. The fourth-order valence-corrected chi connectivity index (χ4v) is 1.60. The van der Waals surface area contributed by atoms with Crippen molar-refractivity contribution < 1.29 is 4.74 Å². The Morgan fingerprint density at radius 3 is 3.00 bits per heavy atom. The van der Waals surface area contributed by atoms with Crippen LogP contribution in [0.5, 0.6) is 11.6 Å². The van der Waals surface area contributed by atoms with Gasteiger partial charge in [0.25, 0.3) is 5.88 Å². The number of hydrogen-bond acceptors (Lipinski definition) is 4. The Morgan fingerprint density at radius 2 is 2.28 bits per heavy atom. The van der Waals surface area contributed by atoms with Crippen molar-refractivity contribution in [1.29, 1.82) is 0 Å². The maximum absolute atomic E-state index is 11.8. The maximum Gasteiger partial charge on any atom is 0.313 e. The summed E-state index contributed by atoms with van der Waals surface area (Å²) in [7, 11) is 1.62. The molecule has 2 N–H and O–H groups in total. The molecule has 0 bridgehead atoms. The third-order valence-electron chi connectivity index (χ3n) is 2.44. The number of halogens is 1. The minimum absolute atomic E-state index is 0.00281. The summed E-state index contributed by atoms with van der Waals surface area (Å²) in [5.41, 5.74) is 6.03. The second kappa shape index (κ2) is 5.20. The van der Waals surface area contributed by atoms with Crippen LogP contribution in [0.1, 0.15) is 5.56 Å². The zero-order valence-corrected chi connectivity index (χ0v) is 10.5. The van der Waals surface area contributed by atoms with Gasteiger partial charge in [-0.1, -0.05) is 17.7 Å². The van der Waals surface area contributed by atoms with E-state index in [4.69, 9.17) is 22.1 Å². The Bertz CT molecular complexity index is 625. The van der Waals surface area contributed by atoms with Crippen LogP contribution >= 0.6 is 11.6 Å². The summed E-state index contributed by atoms with van der Waals surface area (Å²) < 4.78 is 6.87. The van der Waals surface area contributed by atoms with Crippen molar-refractivity contribution in [2.24, 2.45) is 12.8 Å². The molecule has 0 amide bonds. The van der Waals surface area contributed by atoms with Crippen LogP contribution in [0, 0.1) is 0 Å². The average Bonchev–Trinajstić information content (AvgIpc) is 2.35. The Kier molecular flexibility index (Phi) is 3.64. The quantitative estimate of drug-likeness (QED) is 0.917. The second-order valence-electron chi connectivity index (χ2n) is 3.71. The molecule has 0 aliphatic rings. The SMILES string of the molecule is Cn1ccnc(Oc2cc(Cl)ccc2CN)c1=O. The lowest BCUT2D eigenvalue weighted by atomic mass is 10.2. The highest BCUT2D eigenvalue weighted by molar-refractivity contribution is 6.30. The molecular weight excluding hydrogens is 254 g/mol. The van der Waals surface area contributed by atoms with Crippen LogP contribution in [0.4, 0.5) is 0 Å². The van der Waals surface area contributed by atoms with E-state index in [0.29, 0.717) is 17.3 Å². The molecule has 0 saturated heterocycles. The first-order valence-corrected chi connectivity index (χ1v) is 5.67. The number of aryl methyl sites for hydroxylation is 1. The number of nitrogens with two attached hydrogens (primary N) is 1. The monoisotopic (exact) mass is 265 g/mol. The third-order valence-corrected chi connectivity index (χ3v) is 2.68. The fraction of sp³-hybridized carbons (Fsp3) is 0.167. The van der Waals surface area contributed by atoms with Crippen LogP contribution in [0.2, 0.25) is 5.02 Å². The van der Waals surface area contributed by atoms with Crippen molar-refractivity contribution in [3.63, 3.8) is 0 Å². The second-order valence-corrected chi connectivity index (χ2v) is 4.14. The fourth-order valence-electron chi connectivity index (χ4n) is 1.44. The van der Waals surface area contributed by atoms with E-state index in [1.165, 1.54) is 10.8 Å². The van der Waals surface area contributed by atoms with E-state index < -0.39 is 0 Å². The van der Waals surface area contributed by atoms with Gasteiger partial charge in [-0.2, -0.15) is 0 Å². The van der Waals surface area contributed by atoms with E-state index >= 15 is 0 Å². The van der Waals surface area contributed by atoms with Crippen molar-refractivity contribution in [3.05, 3.63) is 51.5 Å². The van der Waals surface area contributed by atoms with Crippen LogP contribution in [-0.4, -0.2) is 9.55 Å². The molecule has 94 valence electrons. The molecule has 0 spiro atoms. The van der Waals surface area contributed by atoms with Gasteiger partial charge in [-0.3, -0.25) is 4.79 Å². The number of benzene rings is 1. The zero-order valence-electron chi connectivity index (χ0n) is 9.76. The molecule has 18 heavy (non-hydrogen) atoms. The minimum Gasteiger partial charge on any atom is -0.434 e. The van der Waals surface area contributed by atoms with E-state index in [1.807, 2.05) is 0 Å². The molecule has 0 saturated carbocycles. The molecule has 1 aromatic heterocycles. The number of nitrogens with zero attached hydrogens (tertiary/aromatic N) is 2. The molecule has 5 nitrogen and oxygen atoms in total. The highest BCUT2D eigenvalue weighted by atomic mass is 35.5. The summed E-state index contributed by atoms with van der Waals surface area (Å²) in [4.78, 5) is 15.7. The van der Waals surface area contributed by atoms with Gasteiger partial charge in [-0.15, -0.1) is 0 Å². The van der Waals surface area contributed by atoms with Gasteiger partial charge < -0.3 is 15.0 Å². The maximum atomic E-state index is 11.8. The van der Waals surface area contributed by atoms with Crippen LogP contribution in [0.3, 0.4) is 0 Å². The first-order valence-electron chi connectivity index (χ1n) is 5.30. The molecule has 0 radical (unpaired) electrons. The molecule has 0 fully saturated rings. The van der Waals surface area contributed by atoms with Crippen LogP contribution in [0.25, 0.3) is 0 Å². The van der Waals surface area contributed by atoms with Crippen molar-refractivity contribution in [2.75, 3.05) is 0 Å². The van der Waals surface area contributed by atoms with Gasteiger partial charge in [-0.25, -0.2) is 4.98 Å². The smallest absolute Gasteiger partial charge is 0.313 e. The summed E-state index contributed by atoms with van der Waals surface area (Å²) in [5.74, 6) is 0.442. The molecule has 2 rings (SSSR count). The van der Waals surface area contributed by atoms with Crippen LogP contribution in [0.15, 0.2) is 35.4 Å². The highest BCUT2D eigenvalue weighted by Gasteiger charge is 2.09. The van der Waals surface area contributed by atoms with E-state index in [1.54, 1.807) is 31.4 Å². The number of hydrogen-bond donors (Lipinski definition) is 1. The minimum atomic E-state index is -0.319. The molecule has 0 aliphatic carbocycles. The lowest BCUT2D eigenvalue weighted by Gasteiger charge is -2.09. The Balaban J connectivity index is 2.42. The average molecular weight is 266 g/mol. The first kappa shape index (κ1) is 12.6. The Labute approximate surface area is 109 Å². The topological polar surface area (TPSA) is 70.1 Å². The van der Waals surface area contributed by atoms with Gasteiger partial charge in [0.2, 0.25) is 0 Å². The van der Waals surface area contributed by atoms with Crippen molar-refractivity contribution >= 4 is 11.6 Å². The highest BCUT2D eigenvalue weighted by Crippen LogP contribution is 2.25. The predicted molar refractivity (Wildman–Crippen MR) is 68.9 cm³/mol. The van der Waals surface area contributed by atoms with Gasteiger partial charge >= 0.3 is 5.56 Å². The van der Waals surface area contributed by atoms with Crippen molar-refractivity contribution in [3.8, 4) is 11.6 Å². The molecule has 2 aromatic rings. The summed E-state index contributed by atoms with van der Waals surface area (Å²) in [6.45, 7) is 0.291. The molecule has 1 heterocycles. The third kappa shape index (κ3) is 2.52. The van der Waals surface area contributed by atoms with Gasteiger partial charge in [-0.05, 0) is 12.1 Å². The van der Waals surface area contributed by atoms with Crippen LogP contribution in [-0.2, 0) is 13.6 Å². The van der Waals surface area contributed by atoms with Crippen molar-refractivity contribution in [2.45, 2.75) is 6.54 Å². The van der Waals surface area contributed by atoms with E-state index in [2.05, 4.69) is 4.98 Å². The largest absolute Gasteiger partial charge is 0.434 e. The lowest BCUT2D eigenvalue weighted by molar-refractivity contribution is 0.443. The normalized spacial score (nSPS) is 10.4. The Hall–Kier alpha value is -1.85. The zero-order chi connectivity index (χ0) is 13.1. The van der Waals surface area contributed by atoms with E-state index in [0.717, 1.165) is 5.56 Å². The Morgan fingerprint density at radius 1 is 1.50 bits per heavy atom. The summed E-state index contributed by atoms with van der Waals surface area (Å²) in [5, 5.41) is 0.509. The molecule has 0 aliphatic heterocycles. The first-order chi connectivity index (χ1) is 8.61. The van der Waals surface area contributed by atoms with E-state index in [9.17, 15) is 4.79 Å². The van der Waals surface area contributed by atoms with Gasteiger partial charge in [0.05, 0.1) is 0 Å². The van der Waals surface area contributed by atoms with E-state index in [-0.39, 0.29) is 11.4 Å². The van der Waals surface area contributed by atoms with Crippen molar-refractivity contribution in [1.82, 2.24) is 9.55 Å². The lowest BCUT2D eigenvalue weighted by Crippen LogP contribution is -2.18. The molecule has 6 heteroatoms. The number of ether oxygens (including phenoxy) is 1.